The third kappa shape index (κ3) is 3.23. The van der Waals surface area contributed by atoms with Crippen molar-refractivity contribution in [1.82, 2.24) is 4.98 Å². The van der Waals surface area contributed by atoms with Gasteiger partial charge in [-0.15, -0.1) is 0 Å². The first-order valence-corrected chi connectivity index (χ1v) is 6.74. The minimum Gasteiger partial charge on any atom is -0.497 e. The third-order valence-corrected chi connectivity index (χ3v) is 3.80. The maximum atomic E-state index is 5.20. The van der Waals surface area contributed by atoms with Gasteiger partial charge >= 0.3 is 0 Å². The molecule has 0 unspecified atom stereocenters. The van der Waals surface area contributed by atoms with Gasteiger partial charge in [-0.2, -0.15) is 0 Å². The van der Waals surface area contributed by atoms with E-state index in [9.17, 15) is 0 Å². The molecule has 1 aromatic heterocycles. The summed E-state index contributed by atoms with van der Waals surface area (Å²) in [4.78, 5) is 5.53. The molecule has 0 atom stereocenters. The monoisotopic (exact) mass is 309 g/mol. The Labute approximate surface area is 114 Å². The second kappa shape index (κ2) is 5.56. The molecule has 88 valence electrons. The first-order valence-electron chi connectivity index (χ1n) is 5.13. The van der Waals surface area contributed by atoms with E-state index >= 15 is 0 Å². The van der Waals surface area contributed by atoms with Crippen molar-refractivity contribution >= 4 is 27.7 Å². The summed E-state index contributed by atoms with van der Waals surface area (Å²) in [5, 5.41) is 1.02. The zero-order valence-corrected chi connectivity index (χ0v) is 12.0. The Morgan fingerprint density at radius 1 is 1.29 bits per heavy atom. The standard InChI is InChI=1S/C13H12BrNOS/c1-9-6-10(14)8-15-13(9)17-12-5-3-4-11(7-12)16-2/h3-8H,1-2H3. The first kappa shape index (κ1) is 12.5. The van der Waals surface area contributed by atoms with Crippen molar-refractivity contribution in [2.24, 2.45) is 0 Å². The average molecular weight is 310 g/mol. The minimum absolute atomic E-state index is 0.866. The Morgan fingerprint density at radius 3 is 2.82 bits per heavy atom. The molecule has 0 aliphatic heterocycles. The van der Waals surface area contributed by atoms with Gasteiger partial charge < -0.3 is 4.74 Å². The molecular weight excluding hydrogens is 298 g/mol. The number of ether oxygens (including phenoxy) is 1. The van der Waals surface area contributed by atoms with Crippen LogP contribution in [0.2, 0.25) is 0 Å². The molecule has 2 aromatic rings. The van der Waals surface area contributed by atoms with Gasteiger partial charge in [-0.3, -0.25) is 0 Å². The van der Waals surface area contributed by atoms with Gasteiger partial charge in [-0.25, -0.2) is 4.98 Å². The van der Waals surface area contributed by atoms with Crippen LogP contribution in [0.1, 0.15) is 5.56 Å². The lowest BCUT2D eigenvalue weighted by atomic mass is 10.3. The molecule has 0 N–H and O–H groups in total. The number of nitrogens with zero attached hydrogens (tertiary/aromatic N) is 1. The van der Waals surface area contributed by atoms with Crippen LogP contribution in [0.5, 0.6) is 5.75 Å². The number of aromatic nitrogens is 1. The molecule has 0 aliphatic carbocycles. The molecule has 1 aromatic carbocycles. The van der Waals surface area contributed by atoms with Crippen molar-refractivity contribution in [3.63, 3.8) is 0 Å². The minimum atomic E-state index is 0.866. The van der Waals surface area contributed by atoms with E-state index in [1.165, 1.54) is 0 Å². The van der Waals surface area contributed by atoms with Crippen molar-refractivity contribution in [3.8, 4) is 5.75 Å². The smallest absolute Gasteiger partial charge is 0.119 e. The molecular formula is C13H12BrNOS. The van der Waals surface area contributed by atoms with E-state index in [1.54, 1.807) is 18.9 Å². The molecule has 0 saturated carbocycles. The van der Waals surface area contributed by atoms with Crippen LogP contribution < -0.4 is 4.74 Å². The molecule has 0 fully saturated rings. The fraction of sp³-hybridized carbons (Fsp3) is 0.154. The molecule has 1 heterocycles. The zero-order chi connectivity index (χ0) is 12.3. The molecule has 0 saturated heterocycles. The normalized spacial score (nSPS) is 10.3. The quantitative estimate of drug-likeness (QED) is 0.843. The highest BCUT2D eigenvalue weighted by Gasteiger charge is 2.04. The van der Waals surface area contributed by atoms with E-state index < -0.39 is 0 Å². The molecule has 0 spiro atoms. The zero-order valence-electron chi connectivity index (χ0n) is 9.61. The van der Waals surface area contributed by atoms with Crippen LogP contribution in [0, 0.1) is 6.92 Å². The Kier molecular flexibility index (Phi) is 4.07. The second-order valence-electron chi connectivity index (χ2n) is 3.56. The Hall–Kier alpha value is -1.00. The van der Waals surface area contributed by atoms with Gasteiger partial charge in [0.15, 0.2) is 0 Å². The third-order valence-electron chi connectivity index (χ3n) is 2.25. The predicted octanol–water partition coefficient (Wildman–Crippen LogP) is 4.31. The molecule has 0 amide bonds. The van der Waals surface area contributed by atoms with Crippen LogP contribution >= 0.6 is 27.7 Å². The number of hydrogen-bond donors (Lipinski definition) is 0. The molecule has 2 nitrogen and oxygen atoms in total. The van der Waals surface area contributed by atoms with Crippen LogP contribution in [0.4, 0.5) is 0 Å². The van der Waals surface area contributed by atoms with Crippen LogP contribution in [-0.4, -0.2) is 12.1 Å². The van der Waals surface area contributed by atoms with E-state index in [1.807, 2.05) is 24.4 Å². The van der Waals surface area contributed by atoms with Crippen LogP contribution in [0.25, 0.3) is 0 Å². The number of hydrogen-bond acceptors (Lipinski definition) is 3. The van der Waals surface area contributed by atoms with Gasteiger partial charge in [-0.1, -0.05) is 17.8 Å². The topological polar surface area (TPSA) is 22.1 Å². The van der Waals surface area contributed by atoms with E-state index in [0.717, 1.165) is 25.7 Å². The van der Waals surface area contributed by atoms with Gasteiger partial charge in [-0.05, 0) is 52.7 Å². The summed E-state index contributed by atoms with van der Waals surface area (Å²) in [6.45, 7) is 2.06. The van der Waals surface area contributed by atoms with Crippen LogP contribution in [-0.2, 0) is 0 Å². The number of halogens is 1. The lowest BCUT2D eigenvalue weighted by Gasteiger charge is -2.06. The van der Waals surface area contributed by atoms with Crippen molar-refractivity contribution in [3.05, 3.63) is 46.6 Å². The molecule has 0 bridgehead atoms. The first-order chi connectivity index (χ1) is 8.19. The Bertz CT molecular complexity index is 531. The summed E-state index contributed by atoms with van der Waals surface area (Å²) in [6, 6.07) is 10.0. The fourth-order valence-electron chi connectivity index (χ4n) is 1.41. The summed E-state index contributed by atoms with van der Waals surface area (Å²) in [5.74, 6) is 0.866. The van der Waals surface area contributed by atoms with Crippen LogP contribution in [0.15, 0.2) is 50.9 Å². The van der Waals surface area contributed by atoms with Crippen molar-refractivity contribution < 1.29 is 4.74 Å². The summed E-state index contributed by atoms with van der Waals surface area (Å²) in [7, 11) is 1.67. The Morgan fingerprint density at radius 2 is 2.12 bits per heavy atom. The number of benzene rings is 1. The largest absolute Gasteiger partial charge is 0.497 e. The predicted molar refractivity (Wildman–Crippen MR) is 73.8 cm³/mol. The molecule has 0 aliphatic rings. The van der Waals surface area contributed by atoms with Gasteiger partial charge in [0.25, 0.3) is 0 Å². The summed E-state index contributed by atoms with van der Waals surface area (Å²) in [6.07, 6.45) is 1.81. The summed E-state index contributed by atoms with van der Waals surface area (Å²) >= 11 is 5.05. The van der Waals surface area contributed by atoms with E-state index in [0.29, 0.717) is 0 Å². The molecule has 4 heteroatoms. The average Bonchev–Trinajstić information content (AvgIpc) is 2.33. The number of aryl methyl sites for hydroxylation is 1. The SMILES string of the molecule is COc1cccc(Sc2ncc(Br)cc2C)c1. The van der Waals surface area contributed by atoms with E-state index in [2.05, 4.69) is 40.0 Å². The second-order valence-corrected chi connectivity index (χ2v) is 5.53. The highest BCUT2D eigenvalue weighted by Crippen LogP contribution is 2.31. The lowest BCUT2D eigenvalue weighted by Crippen LogP contribution is -1.86. The van der Waals surface area contributed by atoms with Crippen molar-refractivity contribution in [2.75, 3.05) is 7.11 Å². The summed E-state index contributed by atoms with van der Waals surface area (Å²) in [5.41, 5.74) is 1.16. The van der Waals surface area contributed by atoms with Gasteiger partial charge in [0, 0.05) is 15.6 Å². The highest BCUT2D eigenvalue weighted by molar-refractivity contribution is 9.10. The van der Waals surface area contributed by atoms with E-state index in [-0.39, 0.29) is 0 Å². The number of methoxy groups -OCH3 is 1. The van der Waals surface area contributed by atoms with Crippen molar-refractivity contribution in [2.45, 2.75) is 16.8 Å². The van der Waals surface area contributed by atoms with Gasteiger partial charge in [0.1, 0.15) is 10.8 Å². The lowest BCUT2D eigenvalue weighted by molar-refractivity contribution is 0.413. The molecule has 2 rings (SSSR count). The molecule has 17 heavy (non-hydrogen) atoms. The maximum absolute atomic E-state index is 5.20. The van der Waals surface area contributed by atoms with Gasteiger partial charge in [0.2, 0.25) is 0 Å². The van der Waals surface area contributed by atoms with Crippen molar-refractivity contribution in [1.29, 1.82) is 0 Å². The number of rotatable bonds is 3. The van der Waals surface area contributed by atoms with Crippen LogP contribution in [0.3, 0.4) is 0 Å². The highest BCUT2D eigenvalue weighted by atomic mass is 79.9. The number of pyridine rings is 1. The summed E-state index contributed by atoms with van der Waals surface area (Å²) < 4.78 is 6.21. The van der Waals surface area contributed by atoms with E-state index in [4.69, 9.17) is 4.74 Å². The maximum Gasteiger partial charge on any atom is 0.119 e. The fourth-order valence-corrected chi connectivity index (χ4v) is 2.73. The molecule has 0 radical (unpaired) electrons. The Balaban J connectivity index is 2.25. The van der Waals surface area contributed by atoms with Gasteiger partial charge in [0.05, 0.1) is 7.11 Å².